The van der Waals surface area contributed by atoms with Crippen LogP contribution in [0.2, 0.25) is 0 Å². The van der Waals surface area contributed by atoms with E-state index in [-0.39, 0.29) is 17.6 Å². The van der Waals surface area contributed by atoms with Gasteiger partial charge in [0.25, 0.3) is 0 Å². The van der Waals surface area contributed by atoms with Crippen LogP contribution in [0.4, 0.5) is 11.4 Å². The highest BCUT2D eigenvalue weighted by Gasteiger charge is 2.27. The number of para-hydroxylation sites is 3. The number of thioether (sulfide) groups is 1. The van der Waals surface area contributed by atoms with Gasteiger partial charge in [-0.1, -0.05) is 54.2 Å². The van der Waals surface area contributed by atoms with Gasteiger partial charge in [-0.3, -0.25) is 9.79 Å². The third kappa shape index (κ3) is 5.03. The molecule has 2 heterocycles. The molecule has 1 atom stereocenters. The van der Waals surface area contributed by atoms with Crippen LogP contribution in [-0.4, -0.2) is 50.5 Å². The molecule has 1 N–H and O–H groups in total. The normalized spacial score (nSPS) is 14.8. The Morgan fingerprint density at radius 3 is 2.39 bits per heavy atom. The van der Waals surface area contributed by atoms with Crippen molar-refractivity contribution in [2.24, 2.45) is 9.98 Å². The topological polar surface area (TPSA) is 107 Å². The molecule has 180 valence electrons. The fourth-order valence-electron chi connectivity index (χ4n) is 3.90. The van der Waals surface area contributed by atoms with Crippen LogP contribution in [0.3, 0.4) is 0 Å². The Balaban J connectivity index is 1.40. The summed E-state index contributed by atoms with van der Waals surface area (Å²) in [7, 11) is 1.63. The second-order valence-corrected chi connectivity index (χ2v) is 8.93. The molecule has 5 rings (SSSR count). The Morgan fingerprint density at radius 2 is 1.67 bits per heavy atom. The van der Waals surface area contributed by atoms with Crippen LogP contribution in [0.1, 0.15) is 18.4 Å². The minimum Gasteiger partial charge on any atom is -0.497 e. The minimum atomic E-state index is -0.327. The number of tetrazole rings is 1. The molecule has 1 amide bonds. The molecule has 1 aromatic heterocycles. The zero-order valence-electron chi connectivity index (χ0n) is 19.7. The van der Waals surface area contributed by atoms with E-state index in [4.69, 9.17) is 14.7 Å². The Kier molecular flexibility index (Phi) is 6.85. The minimum absolute atomic E-state index is 0.111. The number of methoxy groups -OCH3 is 1. The first-order valence-corrected chi connectivity index (χ1v) is 12.2. The van der Waals surface area contributed by atoms with Gasteiger partial charge in [-0.15, -0.1) is 5.10 Å². The fourth-order valence-corrected chi connectivity index (χ4v) is 4.60. The molecule has 1 aliphatic heterocycles. The number of carbonyl (C=O) groups excluding carboxylic acids is 1. The van der Waals surface area contributed by atoms with Gasteiger partial charge >= 0.3 is 0 Å². The van der Waals surface area contributed by atoms with Crippen molar-refractivity contribution in [3.63, 3.8) is 0 Å². The average Bonchev–Trinajstić information content (AvgIpc) is 3.33. The Morgan fingerprint density at radius 1 is 0.972 bits per heavy atom. The molecule has 9 nitrogen and oxygen atoms in total. The highest BCUT2D eigenvalue weighted by molar-refractivity contribution is 7.99. The highest BCUT2D eigenvalue weighted by Crippen LogP contribution is 2.34. The summed E-state index contributed by atoms with van der Waals surface area (Å²) in [5, 5.41) is 15.4. The summed E-state index contributed by atoms with van der Waals surface area (Å²) in [5.41, 5.74) is 4.05. The van der Waals surface area contributed by atoms with Crippen LogP contribution in [0.5, 0.6) is 5.75 Å². The summed E-state index contributed by atoms with van der Waals surface area (Å²) in [6.07, 6.45) is 0. The fraction of sp³-hybridized carbons (Fsp3) is 0.154. The van der Waals surface area contributed by atoms with Crippen LogP contribution < -0.4 is 10.1 Å². The van der Waals surface area contributed by atoms with Gasteiger partial charge in [0.1, 0.15) is 11.6 Å². The van der Waals surface area contributed by atoms with E-state index in [9.17, 15) is 4.79 Å². The SMILES string of the molecule is COc1ccc([C@@H]2C(C)=Nc3ccccc3N=C2NC(=O)CSc2nnnn2-c2ccccc2)cc1. The largest absolute Gasteiger partial charge is 0.497 e. The van der Waals surface area contributed by atoms with Crippen LogP contribution in [0.15, 0.2) is 94.0 Å². The highest BCUT2D eigenvalue weighted by atomic mass is 32.2. The average molecular weight is 498 g/mol. The van der Waals surface area contributed by atoms with Gasteiger partial charge in [0.15, 0.2) is 0 Å². The second-order valence-electron chi connectivity index (χ2n) is 7.99. The molecular formula is C26H23N7O2S. The van der Waals surface area contributed by atoms with Gasteiger partial charge in [0.05, 0.1) is 35.8 Å². The van der Waals surface area contributed by atoms with Crippen molar-refractivity contribution in [3.8, 4) is 11.4 Å². The predicted molar refractivity (Wildman–Crippen MR) is 140 cm³/mol. The summed E-state index contributed by atoms with van der Waals surface area (Å²) in [6, 6.07) is 24.9. The summed E-state index contributed by atoms with van der Waals surface area (Å²) >= 11 is 1.25. The molecule has 0 saturated carbocycles. The molecule has 0 saturated heterocycles. The third-order valence-corrected chi connectivity index (χ3v) is 6.52. The molecule has 0 radical (unpaired) electrons. The van der Waals surface area contributed by atoms with E-state index >= 15 is 0 Å². The number of aromatic nitrogens is 4. The monoisotopic (exact) mass is 497 g/mol. The lowest BCUT2D eigenvalue weighted by atomic mass is 9.93. The van der Waals surface area contributed by atoms with Crippen LogP contribution in [0, 0.1) is 0 Å². The standard InChI is InChI=1S/C26H23N7O2S/c1-17-24(18-12-14-20(35-2)15-13-18)25(28-22-11-7-6-10-21(22)27-17)29-23(34)16-36-26-30-31-32-33(26)19-8-4-3-5-9-19/h3-15,24H,16H2,1-2H3,(H,28,29,34)/t24-/m0/s1. The number of amides is 1. The molecular weight excluding hydrogens is 474 g/mol. The first-order valence-electron chi connectivity index (χ1n) is 11.3. The summed E-state index contributed by atoms with van der Waals surface area (Å²) in [5.74, 6) is 0.832. The molecule has 0 spiro atoms. The molecule has 0 bridgehead atoms. The first kappa shape index (κ1) is 23.4. The van der Waals surface area contributed by atoms with Gasteiger partial charge in [0, 0.05) is 5.71 Å². The smallest absolute Gasteiger partial charge is 0.235 e. The second kappa shape index (κ2) is 10.5. The van der Waals surface area contributed by atoms with Crippen molar-refractivity contribution < 1.29 is 9.53 Å². The maximum atomic E-state index is 13.1. The maximum absolute atomic E-state index is 13.1. The zero-order chi connectivity index (χ0) is 24.9. The van der Waals surface area contributed by atoms with E-state index in [1.165, 1.54) is 11.8 Å². The van der Waals surface area contributed by atoms with Crippen molar-refractivity contribution in [1.82, 2.24) is 25.5 Å². The molecule has 0 aliphatic carbocycles. The Hall–Kier alpha value is -4.31. The molecule has 0 fully saturated rings. The molecule has 0 unspecified atom stereocenters. The Labute approximate surface area is 212 Å². The number of hydrogen-bond donors (Lipinski definition) is 1. The number of fused-ring (bicyclic) bond motifs is 1. The van der Waals surface area contributed by atoms with Crippen LogP contribution in [-0.2, 0) is 4.79 Å². The molecule has 4 aromatic rings. The number of rotatable bonds is 6. The number of aliphatic imine (C=N–C) groups is 2. The van der Waals surface area contributed by atoms with Crippen molar-refractivity contribution in [1.29, 1.82) is 0 Å². The number of nitrogens with one attached hydrogen (secondary N) is 1. The molecule has 10 heteroatoms. The quantitative estimate of drug-likeness (QED) is 0.393. The zero-order valence-corrected chi connectivity index (χ0v) is 20.5. The lowest BCUT2D eigenvalue weighted by Crippen LogP contribution is -2.38. The third-order valence-electron chi connectivity index (χ3n) is 5.60. The van der Waals surface area contributed by atoms with Crippen LogP contribution in [0.25, 0.3) is 5.69 Å². The van der Waals surface area contributed by atoms with E-state index < -0.39 is 0 Å². The lowest BCUT2D eigenvalue weighted by molar-refractivity contribution is -0.117. The summed E-state index contributed by atoms with van der Waals surface area (Å²) in [4.78, 5) is 22.7. The maximum Gasteiger partial charge on any atom is 0.235 e. The predicted octanol–water partition coefficient (Wildman–Crippen LogP) is 4.50. The first-order chi connectivity index (χ1) is 17.6. The lowest BCUT2D eigenvalue weighted by Gasteiger charge is -2.19. The van der Waals surface area contributed by atoms with E-state index in [0.29, 0.717) is 16.7 Å². The van der Waals surface area contributed by atoms with E-state index in [1.54, 1.807) is 11.8 Å². The van der Waals surface area contributed by atoms with E-state index in [0.717, 1.165) is 28.4 Å². The molecule has 1 aliphatic rings. The Bertz CT molecular complexity index is 1430. The van der Waals surface area contributed by atoms with E-state index in [2.05, 4.69) is 20.8 Å². The number of amidine groups is 1. The van der Waals surface area contributed by atoms with E-state index in [1.807, 2.05) is 85.8 Å². The number of nitrogens with zero attached hydrogens (tertiary/aromatic N) is 6. The number of carbonyl (C=O) groups is 1. The van der Waals surface area contributed by atoms with Crippen molar-refractivity contribution in [3.05, 3.63) is 84.4 Å². The van der Waals surface area contributed by atoms with Crippen molar-refractivity contribution in [2.45, 2.75) is 18.0 Å². The number of hydrogen-bond acceptors (Lipinski definition) is 8. The van der Waals surface area contributed by atoms with Gasteiger partial charge in [-0.05, 0) is 59.3 Å². The van der Waals surface area contributed by atoms with Crippen molar-refractivity contribution >= 4 is 40.6 Å². The number of benzene rings is 3. The summed E-state index contributed by atoms with van der Waals surface area (Å²) < 4.78 is 6.91. The number of ether oxygens (including phenoxy) is 1. The summed E-state index contributed by atoms with van der Waals surface area (Å²) in [6.45, 7) is 1.95. The van der Waals surface area contributed by atoms with Crippen LogP contribution >= 0.6 is 11.8 Å². The van der Waals surface area contributed by atoms with Gasteiger partial charge in [-0.2, -0.15) is 4.68 Å². The van der Waals surface area contributed by atoms with Crippen molar-refractivity contribution in [2.75, 3.05) is 12.9 Å². The molecule has 36 heavy (non-hydrogen) atoms. The van der Waals surface area contributed by atoms with Gasteiger partial charge in [0.2, 0.25) is 11.1 Å². The van der Waals surface area contributed by atoms with Gasteiger partial charge < -0.3 is 10.1 Å². The molecule has 3 aromatic carbocycles. The van der Waals surface area contributed by atoms with Gasteiger partial charge in [-0.25, -0.2) is 4.99 Å².